The lowest BCUT2D eigenvalue weighted by Crippen LogP contribution is -2.52. The first-order valence-electron chi connectivity index (χ1n) is 11.3. The summed E-state index contributed by atoms with van der Waals surface area (Å²) in [6.07, 6.45) is 10.3. The van der Waals surface area contributed by atoms with Crippen molar-refractivity contribution in [2.45, 2.75) is 88.3 Å². The number of allylic oxidation sites excluding steroid dienone is 1. The number of fused-ring (bicyclic) bond motifs is 7. The Morgan fingerprint density at radius 1 is 1.21 bits per heavy atom. The van der Waals surface area contributed by atoms with Crippen molar-refractivity contribution in [3.63, 3.8) is 0 Å². The molecule has 4 nitrogen and oxygen atoms in total. The monoisotopic (exact) mass is 512 g/mol. The summed E-state index contributed by atoms with van der Waals surface area (Å²) in [6, 6.07) is 0. The zero-order valence-electron chi connectivity index (χ0n) is 18.0. The molecule has 5 heteroatoms. The molecule has 0 N–H and O–H groups in total. The fraction of sp³-hybridized carbons (Fsp3) is 0.833. The molecule has 4 fully saturated rings. The van der Waals surface area contributed by atoms with Gasteiger partial charge < -0.3 is 9.47 Å². The number of ether oxygens (including phenoxy) is 2. The van der Waals surface area contributed by atoms with Gasteiger partial charge in [0.2, 0.25) is 0 Å². The lowest BCUT2D eigenvalue weighted by molar-refractivity contribution is -0.148. The van der Waals surface area contributed by atoms with Gasteiger partial charge in [0.25, 0.3) is 0 Å². The second kappa shape index (κ2) is 6.46. The van der Waals surface area contributed by atoms with Crippen LogP contribution in [-0.2, 0) is 19.1 Å². The largest absolute Gasteiger partial charge is 0.462 e. The van der Waals surface area contributed by atoms with Crippen LogP contribution in [0.3, 0.4) is 0 Å². The standard InChI is InChI=1S/C24H33IO4/c1-13(26)28-15-7-9-22(2)14(11-15)5-6-16-17(22)8-10-23(3)18(16)12-19-20(23)24(4,25)21(27)29-19/h5,15-20H,6-12H2,1-4H3/t15-,16+,17-,18-,19-,20-,22-,23-,24-/m0/s1. The molecule has 0 aromatic carbocycles. The Labute approximate surface area is 187 Å². The molecule has 160 valence electrons. The van der Waals surface area contributed by atoms with Crippen molar-refractivity contribution >= 4 is 34.5 Å². The third kappa shape index (κ3) is 2.74. The minimum Gasteiger partial charge on any atom is -0.462 e. The minimum atomic E-state index is -0.388. The highest BCUT2D eigenvalue weighted by Crippen LogP contribution is 2.70. The van der Waals surface area contributed by atoms with Crippen molar-refractivity contribution in [3.05, 3.63) is 11.6 Å². The Kier molecular flexibility index (Phi) is 4.53. The summed E-state index contributed by atoms with van der Waals surface area (Å²) in [5.74, 6) is 2.20. The molecule has 3 saturated carbocycles. The molecule has 0 aromatic heterocycles. The number of hydrogen-bond acceptors (Lipinski definition) is 4. The molecule has 1 saturated heterocycles. The maximum absolute atomic E-state index is 12.5. The van der Waals surface area contributed by atoms with Gasteiger partial charge in [-0.2, -0.15) is 0 Å². The SMILES string of the molecule is CC(=O)O[C@H]1CC[C@@]2(C)C(=CC[C@H]3[C@@H]4C[C@@H]5OC(=O)[C@@](C)(I)[C@@H]5[C@@]4(C)CC[C@@H]32)C1. The molecule has 0 radical (unpaired) electrons. The van der Waals surface area contributed by atoms with Gasteiger partial charge in [0.05, 0.1) is 0 Å². The quantitative estimate of drug-likeness (QED) is 0.209. The number of alkyl halides is 1. The number of carbonyl (C=O) groups excluding carboxylic acids is 2. The van der Waals surface area contributed by atoms with Gasteiger partial charge in [-0.05, 0) is 74.0 Å². The topological polar surface area (TPSA) is 52.6 Å². The Bertz CT molecular complexity index is 788. The number of halogens is 1. The molecule has 0 bridgehead atoms. The summed E-state index contributed by atoms with van der Waals surface area (Å²) in [5, 5.41) is 0. The van der Waals surface area contributed by atoms with E-state index in [0.29, 0.717) is 23.7 Å². The molecular formula is C24H33IO4. The van der Waals surface area contributed by atoms with E-state index in [1.165, 1.54) is 25.3 Å². The molecule has 1 heterocycles. The summed E-state index contributed by atoms with van der Waals surface area (Å²) in [6.45, 7) is 8.54. The van der Waals surface area contributed by atoms with Crippen LogP contribution in [0.1, 0.15) is 72.6 Å². The van der Waals surface area contributed by atoms with E-state index in [0.717, 1.165) is 32.1 Å². The zero-order chi connectivity index (χ0) is 20.8. The molecule has 0 unspecified atom stereocenters. The molecule has 1 aliphatic heterocycles. The van der Waals surface area contributed by atoms with E-state index in [4.69, 9.17) is 9.47 Å². The van der Waals surface area contributed by atoms with Crippen molar-refractivity contribution < 1.29 is 19.1 Å². The van der Waals surface area contributed by atoms with E-state index in [-0.39, 0.29) is 38.4 Å². The summed E-state index contributed by atoms with van der Waals surface area (Å²) >= 11 is 2.37. The van der Waals surface area contributed by atoms with E-state index in [1.807, 2.05) is 0 Å². The zero-order valence-corrected chi connectivity index (χ0v) is 20.2. The Hall–Kier alpha value is -0.590. The van der Waals surface area contributed by atoms with Gasteiger partial charge in [-0.25, -0.2) is 0 Å². The second-order valence-electron chi connectivity index (χ2n) is 11.0. The van der Waals surface area contributed by atoms with Crippen LogP contribution in [0.2, 0.25) is 0 Å². The summed E-state index contributed by atoms with van der Waals surface area (Å²) in [5.41, 5.74) is 1.97. The predicted molar refractivity (Wildman–Crippen MR) is 118 cm³/mol. The molecule has 5 aliphatic rings. The molecule has 29 heavy (non-hydrogen) atoms. The highest BCUT2D eigenvalue weighted by atomic mass is 127. The number of rotatable bonds is 1. The van der Waals surface area contributed by atoms with Crippen LogP contribution < -0.4 is 0 Å². The summed E-state index contributed by atoms with van der Waals surface area (Å²) in [4.78, 5) is 23.9. The van der Waals surface area contributed by atoms with E-state index in [9.17, 15) is 9.59 Å². The minimum absolute atomic E-state index is 0.00326. The smallest absolute Gasteiger partial charge is 0.322 e. The summed E-state index contributed by atoms with van der Waals surface area (Å²) < 4.78 is 11.1. The molecule has 0 spiro atoms. The molecular weight excluding hydrogens is 479 g/mol. The fourth-order valence-electron chi connectivity index (χ4n) is 8.42. The van der Waals surface area contributed by atoms with Crippen molar-refractivity contribution in [2.75, 3.05) is 0 Å². The maximum Gasteiger partial charge on any atom is 0.322 e. The van der Waals surface area contributed by atoms with E-state index < -0.39 is 0 Å². The van der Waals surface area contributed by atoms with Crippen LogP contribution in [0.15, 0.2) is 11.6 Å². The van der Waals surface area contributed by atoms with Gasteiger partial charge in [0, 0.05) is 19.3 Å². The van der Waals surface area contributed by atoms with Crippen molar-refractivity contribution in [2.24, 2.45) is 34.5 Å². The highest BCUT2D eigenvalue weighted by Gasteiger charge is 2.69. The third-order valence-corrected chi connectivity index (χ3v) is 10.8. The highest BCUT2D eigenvalue weighted by molar-refractivity contribution is 14.1. The van der Waals surface area contributed by atoms with Crippen molar-refractivity contribution in [3.8, 4) is 0 Å². The number of esters is 2. The number of carbonyl (C=O) groups is 2. The molecule has 9 atom stereocenters. The Morgan fingerprint density at radius 3 is 2.69 bits per heavy atom. The van der Waals surface area contributed by atoms with Crippen molar-refractivity contribution in [1.82, 2.24) is 0 Å². The van der Waals surface area contributed by atoms with Crippen LogP contribution >= 0.6 is 22.6 Å². The Balaban J connectivity index is 1.43. The first kappa shape index (κ1) is 20.3. The average molecular weight is 512 g/mol. The van der Waals surface area contributed by atoms with Gasteiger partial charge in [-0.1, -0.05) is 48.1 Å². The lowest BCUT2D eigenvalue weighted by atomic mass is 9.47. The van der Waals surface area contributed by atoms with Gasteiger partial charge in [-0.15, -0.1) is 0 Å². The third-order valence-electron chi connectivity index (χ3n) is 9.64. The Morgan fingerprint density at radius 2 is 1.97 bits per heavy atom. The second-order valence-corrected chi connectivity index (χ2v) is 13.3. The van der Waals surface area contributed by atoms with Crippen LogP contribution in [0.25, 0.3) is 0 Å². The average Bonchev–Trinajstić information content (AvgIpc) is 3.05. The molecule has 4 aliphatic carbocycles. The van der Waals surface area contributed by atoms with Gasteiger partial charge in [0.1, 0.15) is 15.6 Å². The fourth-order valence-corrected chi connectivity index (χ4v) is 9.66. The van der Waals surface area contributed by atoms with Crippen LogP contribution in [0.4, 0.5) is 0 Å². The van der Waals surface area contributed by atoms with Gasteiger partial charge in [0.15, 0.2) is 0 Å². The van der Waals surface area contributed by atoms with Gasteiger partial charge >= 0.3 is 11.9 Å². The maximum atomic E-state index is 12.5. The van der Waals surface area contributed by atoms with Crippen molar-refractivity contribution in [1.29, 1.82) is 0 Å². The first-order valence-corrected chi connectivity index (χ1v) is 12.4. The normalized spacial score (nSPS) is 53.1. The van der Waals surface area contributed by atoms with Crippen LogP contribution in [-0.4, -0.2) is 27.6 Å². The van der Waals surface area contributed by atoms with E-state index >= 15 is 0 Å². The number of hydrogen-bond donors (Lipinski definition) is 0. The van der Waals surface area contributed by atoms with Crippen LogP contribution in [0.5, 0.6) is 0 Å². The van der Waals surface area contributed by atoms with Gasteiger partial charge in [-0.3, -0.25) is 9.59 Å². The predicted octanol–water partition coefficient (Wildman–Crippen LogP) is 5.23. The summed E-state index contributed by atoms with van der Waals surface area (Å²) in [7, 11) is 0. The first-order chi connectivity index (χ1) is 13.6. The molecule has 5 rings (SSSR count). The van der Waals surface area contributed by atoms with E-state index in [1.54, 1.807) is 0 Å². The molecule has 0 aromatic rings. The molecule has 0 amide bonds. The lowest BCUT2D eigenvalue weighted by Gasteiger charge is -2.58. The van der Waals surface area contributed by atoms with Crippen LogP contribution in [0, 0.1) is 34.5 Å². The van der Waals surface area contributed by atoms with E-state index in [2.05, 4.69) is 49.4 Å².